The molecule has 12 heteroatoms. The first kappa shape index (κ1) is 34.5. The number of Topliss-reactive ketones (excluding diaryl/α,β-unsaturated/α-hetero) is 1. The Labute approximate surface area is 297 Å². The second kappa shape index (κ2) is 15.1. The number of pyridine rings is 2. The Hall–Kier alpha value is -4.97. The number of aryl methyl sites for hydroxylation is 1. The standard InChI is InChI=1S/C39H45N7O5/c1-24-32-23-41-39(44-36(32)46(29-6-3-4-7-29)38(50)35(24)25(2)47)42-33-14-12-30(22-40-33)51-21-5-18-45-19-16-27(17-20-45)26-8-10-28(11-9-26)31-13-15-34(48)43-37(31)49/h8-12,14,22-23,27,29,31H,3-7,13,15-21H2,1-2H3,(H,43,48,49)(H,40,41,42,44). The van der Waals surface area contributed by atoms with E-state index in [-0.39, 0.29) is 40.7 Å². The average Bonchev–Trinajstić information content (AvgIpc) is 3.66. The molecule has 3 aromatic heterocycles. The summed E-state index contributed by atoms with van der Waals surface area (Å²) in [4.78, 5) is 65.8. The molecule has 0 radical (unpaired) electrons. The van der Waals surface area contributed by atoms with E-state index in [1.54, 1.807) is 23.9 Å². The smallest absolute Gasteiger partial charge is 0.263 e. The summed E-state index contributed by atoms with van der Waals surface area (Å²) in [7, 11) is 0. The van der Waals surface area contributed by atoms with Gasteiger partial charge in [0.15, 0.2) is 5.78 Å². The van der Waals surface area contributed by atoms with Crippen molar-refractivity contribution >= 4 is 40.4 Å². The van der Waals surface area contributed by atoms with Gasteiger partial charge in [-0.15, -0.1) is 0 Å². The minimum Gasteiger partial charge on any atom is -0.492 e. The van der Waals surface area contributed by atoms with Gasteiger partial charge in [-0.25, -0.2) is 9.97 Å². The Bertz CT molecular complexity index is 1980. The molecule has 2 aliphatic heterocycles. The molecule has 1 unspecified atom stereocenters. The maximum absolute atomic E-state index is 13.5. The lowest BCUT2D eigenvalue weighted by molar-refractivity contribution is -0.134. The molecule has 5 heterocycles. The number of ketones is 1. The summed E-state index contributed by atoms with van der Waals surface area (Å²) in [5.41, 5.74) is 3.39. The largest absolute Gasteiger partial charge is 0.492 e. The van der Waals surface area contributed by atoms with Gasteiger partial charge >= 0.3 is 0 Å². The van der Waals surface area contributed by atoms with E-state index in [9.17, 15) is 19.2 Å². The van der Waals surface area contributed by atoms with Crippen molar-refractivity contribution in [2.24, 2.45) is 0 Å². The lowest BCUT2D eigenvalue weighted by atomic mass is 9.86. The van der Waals surface area contributed by atoms with E-state index in [4.69, 9.17) is 9.72 Å². The van der Waals surface area contributed by atoms with E-state index >= 15 is 0 Å². The maximum atomic E-state index is 13.5. The number of benzene rings is 1. The molecule has 0 spiro atoms. The van der Waals surface area contributed by atoms with Crippen LogP contribution in [0.2, 0.25) is 0 Å². The molecular formula is C39H45N7O5. The summed E-state index contributed by atoms with van der Waals surface area (Å²) < 4.78 is 7.70. The van der Waals surface area contributed by atoms with Gasteiger partial charge < -0.3 is 15.0 Å². The number of nitrogens with one attached hydrogen (secondary N) is 2. The molecule has 266 valence electrons. The number of ether oxygens (including phenoxy) is 1. The van der Waals surface area contributed by atoms with E-state index in [0.29, 0.717) is 59.5 Å². The van der Waals surface area contributed by atoms with Gasteiger partial charge in [0.2, 0.25) is 17.8 Å². The molecule has 1 atom stereocenters. The first-order valence-corrected chi connectivity index (χ1v) is 18.2. The van der Waals surface area contributed by atoms with E-state index in [0.717, 1.165) is 70.1 Å². The summed E-state index contributed by atoms with van der Waals surface area (Å²) in [6, 6.07) is 12.1. The number of hydrogen-bond acceptors (Lipinski definition) is 10. The van der Waals surface area contributed by atoms with Crippen molar-refractivity contribution < 1.29 is 19.1 Å². The Morgan fingerprint density at radius 1 is 0.941 bits per heavy atom. The fourth-order valence-electron chi connectivity index (χ4n) is 7.94. The van der Waals surface area contributed by atoms with E-state index in [2.05, 4.69) is 49.8 Å². The summed E-state index contributed by atoms with van der Waals surface area (Å²) in [6.45, 7) is 6.84. The molecule has 2 amide bonds. The molecule has 12 nitrogen and oxygen atoms in total. The van der Waals surface area contributed by atoms with Gasteiger partial charge in [0.25, 0.3) is 5.56 Å². The van der Waals surface area contributed by atoms with Crippen molar-refractivity contribution in [3.05, 3.63) is 81.4 Å². The van der Waals surface area contributed by atoms with Crippen molar-refractivity contribution in [1.29, 1.82) is 0 Å². The zero-order valence-electron chi connectivity index (χ0n) is 29.3. The minimum atomic E-state index is -0.274. The highest BCUT2D eigenvalue weighted by molar-refractivity contribution is 6.01. The van der Waals surface area contributed by atoms with Gasteiger partial charge in [-0.3, -0.25) is 29.1 Å². The topological polar surface area (TPSA) is 148 Å². The molecule has 1 aliphatic carbocycles. The lowest BCUT2D eigenvalue weighted by Crippen LogP contribution is -2.39. The highest BCUT2D eigenvalue weighted by Crippen LogP contribution is 2.33. The van der Waals surface area contributed by atoms with Crippen LogP contribution in [0.1, 0.15) is 110 Å². The molecule has 1 saturated carbocycles. The number of nitrogens with zero attached hydrogens (tertiary/aromatic N) is 5. The van der Waals surface area contributed by atoms with Crippen molar-refractivity contribution in [3.8, 4) is 5.75 Å². The van der Waals surface area contributed by atoms with Crippen LogP contribution in [0, 0.1) is 6.92 Å². The second-order valence-electron chi connectivity index (χ2n) is 14.1. The highest BCUT2D eigenvalue weighted by Gasteiger charge is 2.29. The summed E-state index contributed by atoms with van der Waals surface area (Å²) >= 11 is 0. The van der Waals surface area contributed by atoms with Gasteiger partial charge in [0, 0.05) is 30.6 Å². The minimum absolute atomic E-state index is 0.0147. The van der Waals surface area contributed by atoms with Crippen LogP contribution in [0.25, 0.3) is 11.0 Å². The van der Waals surface area contributed by atoms with Crippen LogP contribution < -0.4 is 20.9 Å². The van der Waals surface area contributed by atoms with E-state index in [1.165, 1.54) is 12.5 Å². The Morgan fingerprint density at radius 2 is 1.69 bits per heavy atom. The van der Waals surface area contributed by atoms with Crippen LogP contribution in [-0.2, 0) is 9.59 Å². The maximum Gasteiger partial charge on any atom is 0.263 e. The van der Waals surface area contributed by atoms with Gasteiger partial charge in [0.05, 0.1) is 24.3 Å². The number of rotatable bonds is 11. The quantitative estimate of drug-likeness (QED) is 0.114. The Balaban J connectivity index is 0.885. The molecule has 3 fully saturated rings. The molecule has 0 bridgehead atoms. The monoisotopic (exact) mass is 691 g/mol. The van der Waals surface area contributed by atoms with Crippen molar-refractivity contribution in [3.63, 3.8) is 0 Å². The lowest BCUT2D eigenvalue weighted by Gasteiger charge is -2.32. The Morgan fingerprint density at radius 3 is 2.37 bits per heavy atom. The number of anilines is 2. The predicted molar refractivity (Wildman–Crippen MR) is 194 cm³/mol. The predicted octanol–water partition coefficient (Wildman–Crippen LogP) is 5.72. The van der Waals surface area contributed by atoms with Crippen LogP contribution >= 0.6 is 0 Å². The molecule has 4 aromatic rings. The third-order valence-electron chi connectivity index (χ3n) is 10.8. The number of piperidine rings is 2. The molecule has 1 aromatic carbocycles. The van der Waals surface area contributed by atoms with E-state index < -0.39 is 0 Å². The summed E-state index contributed by atoms with van der Waals surface area (Å²) in [6.07, 6.45) is 11.3. The number of fused-ring (bicyclic) bond motifs is 1. The van der Waals surface area contributed by atoms with Gasteiger partial charge in [-0.1, -0.05) is 37.1 Å². The van der Waals surface area contributed by atoms with Gasteiger partial charge in [0.1, 0.15) is 17.2 Å². The molecule has 2 saturated heterocycles. The average molecular weight is 692 g/mol. The molecule has 3 aliphatic rings. The molecule has 51 heavy (non-hydrogen) atoms. The summed E-state index contributed by atoms with van der Waals surface area (Å²) in [5.74, 6) is 1.22. The zero-order chi connectivity index (χ0) is 35.5. The molecule has 7 rings (SSSR count). The SMILES string of the molecule is CC(=O)c1c(C)c2cnc(Nc3ccc(OCCCN4CCC(c5ccc(C6CCC(=O)NC6=O)cc5)CC4)cn3)nc2n(C2CCCC2)c1=O. The van der Waals surface area contributed by atoms with Crippen LogP contribution in [0.3, 0.4) is 0 Å². The van der Waals surface area contributed by atoms with Crippen LogP contribution in [0.4, 0.5) is 11.8 Å². The second-order valence-corrected chi connectivity index (χ2v) is 14.1. The van der Waals surface area contributed by atoms with Crippen molar-refractivity contribution in [2.45, 2.75) is 89.5 Å². The third kappa shape index (κ3) is 7.56. The number of hydrogen-bond donors (Lipinski definition) is 2. The Kier molecular flexibility index (Phi) is 10.2. The van der Waals surface area contributed by atoms with Gasteiger partial charge in [-0.2, -0.15) is 4.98 Å². The van der Waals surface area contributed by atoms with Crippen LogP contribution in [0.15, 0.2) is 53.6 Å². The molecule has 2 N–H and O–H groups in total. The first-order valence-electron chi connectivity index (χ1n) is 18.2. The van der Waals surface area contributed by atoms with Crippen molar-refractivity contribution in [2.75, 3.05) is 31.6 Å². The van der Waals surface area contributed by atoms with Gasteiger partial charge in [-0.05, 0) is 100 Å². The van der Waals surface area contributed by atoms with E-state index in [1.807, 2.05) is 12.1 Å². The number of likely N-dealkylation sites (tertiary alicyclic amines) is 1. The molecular weight excluding hydrogens is 646 g/mol. The summed E-state index contributed by atoms with van der Waals surface area (Å²) in [5, 5.41) is 6.32. The number of amides is 2. The van der Waals surface area contributed by atoms with Crippen LogP contribution in [-0.4, -0.2) is 68.3 Å². The number of imide groups is 1. The number of aromatic nitrogens is 4. The highest BCUT2D eigenvalue weighted by atomic mass is 16.5. The fraction of sp³-hybridized carbons (Fsp3) is 0.462. The fourth-order valence-corrected chi connectivity index (χ4v) is 7.94. The third-order valence-corrected chi connectivity index (χ3v) is 10.8. The first-order chi connectivity index (χ1) is 24.7. The van der Waals surface area contributed by atoms with Crippen molar-refractivity contribution in [1.82, 2.24) is 29.7 Å². The zero-order valence-corrected chi connectivity index (χ0v) is 29.3. The number of carbonyl (C=O) groups excluding carboxylic acids is 3. The van der Waals surface area contributed by atoms with Crippen LogP contribution in [0.5, 0.6) is 5.75 Å². The normalized spacial score (nSPS) is 19.0. The number of carbonyl (C=O) groups is 3.